The number of ether oxygens (including phenoxy) is 1. The van der Waals surface area contributed by atoms with Crippen LogP contribution in [-0.4, -0.2) is 24.5 Å². The maximum atomic E-state index is 12.5. The Morgan fingerprint density at radius 3 is 2.57 bits per heavy atom. The second-order valence-electron chi connectivity index (χ2n) is 13.9. The van der Waals surface area contributed by atoms with Gasteiger partial charge >= 0.3 is 5.97 Å². The Morgan fingerprint density at radius 1 is 1.11 bits per heavy atom. The molecule has 0 bridgehead atoms. The first-order chi connectivity index (χ1) is 17.5. The number of nitrogens with one attached hydrogen (secondary N) is 1. The first kappa shape index (κ1) is 28.4. The minimum absolute atomic E-state index is 0.0537. The molecule has 0 aromatic heterocycles. The van der Waals surface area contributed by atoms with Crippen molar-refractivity contribution in [3.8, 4) is 0 Å². The Kier molecular flexibility index (Phi) is 8.65. The number of esters is 1. The molecule has 0 radical (unpaired) electrons. The molecule has 4 aliphatic rings. The zero-order chi connectivity index (χ0) is 27.0. The summed E-state index contributed by atoms with van der Waals surface area (Å²) in [4.78, 5) is 24.6. The van der Waals surface area contributed by atoms with Gasteiger partial charge in [0.2, 0.25) is 5.91 Å². The Balaban J connectivity index is 1.38. The fraction of sp³-hybridized carbons (Fsp3) is 0.818. The van der Waals surface area contributed by atoms with Crippen molar-refractivity contribution in [2.45, 2.75) is 119 Å². The van der Waals surface area contributed by atoms with Crippen LogP contribution in [0.5, 0.6) is 0 Å². The van der Waals surface area contributed by atoms with E-state index < -0.39 is 0 Å². The Morgan fingerprint density at radius 2 is 1.86 bits per heavy atom. The van der Waals surface area contributed by atoms with Gasteiger partial charge in [0, 0.05) is 12.0 Å². The first-order valence-corrected chi connectivity index (χ1v) is 15.3. The van der Waals surface area contributed by atoms with Crippen molar-refractivity contribution in [1.29, 1.82) is 0 Å². The first-order valence-electron chi connectivity index (χ1n) is 15.3. The number of carbonyl (C=O) groups excluding carboxylic acids is 2. The molecular formula is C33H53NO3. The van der Waals surface area contributed by atoms with Gasteiger partial charge in [-0.05, 0) is 111 Å². The summed E-state index contributed by atoms with van der Waals surface area (Å²) in [5.41, 5.74) is 2.96. The van der Waals surface area contributed by atoms with Gasteiger partial charge in [-0.1, -0.05) is 59.3 Å². The van der Waals surface area contributed by atoms with E-state index in [1.807, 2.05) is 13.0 Å². The van der Waals surface area contributed by atoms with Crippen molar-refractivity contribution in [2.75, 3.05) is 6.54 Å². The highest BCUT2D eigenvalue weighted by molar-refractivity contribution is 5.94. The molecule has 3 fully saturated rings. The van der Waals surface area contributed by atoms with Gasteiger partial charge in [-0.25, -0.2) is 0 Å². The summed E-state index contributed by atoms with van der Waals surface area (Å²) in [6.45, 7) is 16.2. The van der Waals surface area contributed by atoms with Crippen LogP contribution in [0.1, 0.15) is 113 Å². The molecule has 1 amide bonds. The van der Waals surface area contributed by atoms with E-state index in [9.17, 15) is 9.59 Å². The van der Waals surface area contributed by atoms with Crippen LogP contribution in [-0.2, 0) is 14.3 Å². The quantitative estimate of drug-likeness (QED) is 0.207. The lowest BCUT2D eigenvalue weighted by molar-refractivity contribution is -0.151. The largest absolute Gasteiger partial charge is 0.461 e. The van der Waals surface area contributed by atoms with E-state index >= 15 is 0 Å². The molecule has 4 nitrogen and oxygen atoms in total. The summed E-state index contributed by atoms with van der Waals surface area (Å²) in [5, 5.41) is 2.71. The zero-order valence-corrected chi connectivity index (χ0v) is 24.7. The molecule has 0 heterocycles. The van der Waals surface area contributed by atoms with Crippen LogP contribution in [0.25, 0.3) is 0 Å². The molecule has 0 aromatic rings. The molecule has 0 spiro atoms. The smallest absolute Gasteiger partial charge is 0.325 e. The Labute approximate surface area is 226 Å². The molecule has 8 atom stereocenters. The second kappa shape index (κ2) is 11.3. The van der Waals surface area contributed by atoms with Crippen molar-refractivity contribution in [1.82, 2.24) is 5.32 Å². The van der Waals surface area contributed by atoms with E-state index in [2.05, 4.69) is 46.0 Å². The average molecular weight is 512 g/mol. The van der Waals surface area contributed by atoms with E-state index in [-0.39, 0.29) is 29.9 Å². The summed E-state index contributed by atoms with van der Waals surface area (Å²) in [7, 11) is 0. The lowest BCUT2D eigenvalue weighted by atomic mass is 9.47. The molecular weight excluding hydrogens is 458 g/mol. The highest BCUT2D eigenvalue weighted by Gasteiger charge is 2.59. The number of allylic oxidation sites excluding steroid dienone is 2. The fourth-order valence-electron chi connectivity index (χ4n) is 9.53. The van der Waals surface area contributed by atoms with E-state index in [4.69, 9.17) is 4.74 Å². The van der Waals surface area contributed by atoms with Crippen LogP contribution in [0.4, 0.5) is 0 Å². The summed E-state index contributed by atoms with van der Waals surface area (Å²) >= 11 is 0. The third kappa shape index (κ3) is 5.59. The van der Waals surface area contributed by atoms with Crippen LogP contribution in [0.15, 0.2) is 23.3 Å². The van der Waals surface area contributed by atoms with Gasteiger partial charge in [0.05, 0.1) is 0 Å². The standard InChI is InChI=1S/C33H53NO3/c1-8-9-22(4)31(36)34-20-30(35)37-25-14-16-32(6)24(19-25)10-11-26-28-13-12-27(23(5)18-21(2)3)33(28,7)17-15-29(26)32/h9-10,21,23,25-29H,8,11-20H2,1-7H3,(H,34,36)/b22-9+. The Hall–Kier alpha value is -1.58. The maximum Gasteiger partial charge on any atom is 0.325 e. The van der Waals surface area contributed by atoms with Crippen LogP contribution in [0, 0.1) is 46.3 Å². The van der Waals surface area contributed by atoms with Crippen LogP contribution < -0.4 is 5.32 Å². The lowest BCUT2D eigenvalue weighted by Crippen LogP contribution is -2.51. The van der Waals surface area contributed by atoms with Gasteiger partial charge in [0.25, 0.3) is 0 Å². The average Bonchev–Trinajstić information content (AvgIpc) is 3.20. The van der Waals surface area contributed by atoms with E-state index in [0.29, 0.717) is 11.0 Å². The van der Waals surface area contributed by atoms with Crippen molar-refractivity contribution in [2.24, 2.45) is 46.3 Å². The maximum absolute atomic E-state index is 12.5. The monoisotopic (exact) mass is 511 g/mol. The van der Waals surface area contributed by atoms with Crippen molar-refractivity contribution in [3.63, 3.8) is 0 Å². The van der Waals surface area contributed by atoms with E-state index in [0.717, 1.165) is 61.2 Å². The van der Waals surface area contributed by atoms with Gasteiger partial charge in [-0.3, -0.25) is 9.59 Å². The minimum atomic E-state index is -0.318. The van der Waals surface area contributed by atoms with Gasteiger partial charge in [0.1, 0.15) is 12.6 Å². The van der Waals surface area contributed by atoms with Gasteiger partial charge in [0.15, 0.2) is 0 Å². The third-order valence-electron chi connectivity index (χ3n) is 11.2. The number of rotatable bonds is 8. The van der Waals surface area contributed by atoms with Crippen LogP contribution >= 0.6 is 0 Å². The zero-order valence-electron chi connectivity index (χ0n) is 24.7. The minimum Gasteiger partial charge on any atom is -0.461 e. The highest BCUT2D eigenvalue weighted by atomic mass is 16.5. The molecule has 208 valence electrons. The molecule has 4 heteroatoms. The summed E-state index contributed by atoms with van der Waals surface area (Å²) < 4.78 is 5.85. The highest BCUT2D eigenvalue weighted by Crippen LogP contribution is 2.67. The van der Waals surface area contributed by atoms with Gasteiger partial charge in [-0.15, -0.1) is 0 Å². The van der Waals surface area contributed by atoms with Crippen molar-refractivity contribution < 1.29 is 14.3 Å². The molecule has 0 aromatic carbocycles. The number of hydrogen-bond acceptors (Lipinski definition) is 3. The lowest BCUT2D eigenvalue weighted by Gasteiger charge is -2.58. The Bertz CT molecular complexity index is 919. The van der Waals surface area contributed by atoms with Gasteiger partial charge < -0.3 is 10.1 Å². The molecule has 37 heavy (non-hydrogen) atoms. The second-order valence-corrected chi connectivity index (χ2v) is 13.9. The SMILES string of the molecule is CC/C=C(\C)C(=O)NCC(=O)OC1CCC2(C)C(=CCC3C2CCC2(C)C(C(C)CC(C)C)CCC32)C1. The molecule has 4 rings (SSSR count). The van der Waals surface area contributed by atoms with Crippen molar-refractivity contribution in [3.05, 3.63) is 23.3 Å². The van der Waals surface area contributed by atoms with Crippen LogP contribution in [0.3, 0.4) is 0 Å². The fourth-order valence-corrected chi connectivity index (χ4v) is 9.53. The summed E-state index contributed by atoms with van der Waals surface area (Å²) in [5.74, 6) is 4.45. The number of hydrogen-bond donors (Lipinski definition) is 1. The molecule has 0 aliphatic heterocycles. The summed E-state index contributed by atoms with van der Waals surface area (Å²) in [6.07, 6.45) is 16.2. The normalized spacial score (nSPS) is 38.2. The molecule has 4 aliphatic carbocycles. The van der Waals surface area contributed by atoms with Gasteiger partial charge in [-0.2, -0.15) is 0 Å². The van der Waals surface area contributed by atoms with Crippen molar-refractivity contribution >= 4 is 11.9 Å². The molecule has 1 N–H and O–H groups in total. The van der Waals surface area contributed by atoms with E-state index in [1.165, 1.54) is 44.1 Å². The predicted molar refractivity (Wildman–Crippen MR) is 151 cm³/mol. The number of carbonyl (C=O) groups is 2. The summed E-state index contributed by atoms with van der Waals surface area (Å²) in [6, 6.07) is 0. The topological polar surface area (TPSA) is 55.4 Å². The molecule has 0 saturated heterocycles. The third-order valence-corrected chi connectivity index (χ3v) is 11.2. The number of fused-ring (bicyclic) bond motifs is 5. The van der Waals surface area contributed by atoms with Crippen LogP contribution in [0.2, 0.25) is 0 Å². The predicted octanol–water partition coefficient (Wildman–Crippen LogP) is 7.63. The number of amides is 1. The molecule has 8 unspecified atom stereocenters. The molecule has 3 saturated carbocycles. The van der Waals surface area contributed by atoms with E-state index in [1.54, 1.807) is 6.92 Å².